The summed E-state index contributed by atoms with van der Waals surface area (Å²) in [5.41, 5.74) is 4.01. The summed E-state index contributed by atoms with van der Waals surface area (Å²) in [4.78, 5) is 10.6. The van der Waals surface area contributed by atoms with Crippen LogP contribution in [0.1, 0.15) is 11.3 Å². The van der Waals surface area contributed by atoms with Crippen LogP contribution in [0, 0.1) is 13.8 Å². The molecule has 1 aromatic carbocycles. The first-order chi connectivity index (χ1) is 8.50. The van der Waals surface area contributed by atoms with Gasteiger partial charge in [-0.1, -0.05) is 6.07 Å². The maximum absolute atomic E-state index is 9.49. The van der Waals surface area contributed by atoms with Gasteiger partial charge in [-0.25, -0.2) is 9.97 Å². The molecule has 0 radical (unpaired) electrons. The smallest absolute Gasteiger partial charge is 0.139 e. The van der Waals surface area contributed by atoms with Crippen molar-refractivity contribution in [2.75, 3.05) is 19.0 Å². The molecule has 0 saturated carbocycles. The number of hydrogen-bond donors (Lipinski definition) is 1. The van der Waals surface area contributed by atoms with E-state index in [1.807, 2.05) is 38.9 Å². The number of rotatable bonds is 2. The molecule has 0 spiro atoms. The number of aromatic nitrogens is 2. The summed E-state index contributed by atoms with van der Waals surface area (Å²) in [5, 5.41) is 9.49. The second kappa shape index (κ2) is 4.64. The Balaban J connectivity index is 2.70. The van der Waals surface area contributed by atoms with Gasteiger partial charge in [0.1, 0.15) is 17.9 Å². The molecule has 4 nitrogen and oxygen atoms in total. The Morgan fingerprint density at radius 1 is 1.11 bits per heavy atom. The number of anilines is 1. The first-order valence-electron chi connectivity index (χ1n) is 5.79. The molecular weight excluding hydrogens is 226 g/mol. The predicted octanol–water partition coefficient (Wildman–Crippen LogP) is 2.53. The largest absolute Gasteiger partial charge is 0.508 e. The highest BCUT2D eigenvalue weighted by Crippen LogP contribution is 2.33. The average Bonchev–Trinajstić information content (AvgIpc) is 2.29. The Labute approximate surface area is 107 Å². The van der Waals surface area contributed by atoms with Gasteiger partial charge in [0.15, 0.2) is 0 Å². The summed E-state index contributed by atoms with van der Waals surface area (Å²) < 4.78 is 0. The SMILES string of the molecule is Cc1cc(O)ccc1-c1c(C)ncnc1N(C)C. The van der Waals surface area contributed by atoms with E-state index in [1.54, 1.807) is 18.5 Å². The van der Waals surface area contributed by atoms with Gasteiger partial charge in [0.2, 0.25) is 0 Å². The Morgan fingerprint density at radius 3 is 2.44 bits per heavy atom. The number of aromatic hydroxyl groups is 1. The van der Waals surface area contributed by atoms with E-state index in [-0.39, 0.29) is 5.75 Å². The molecule has 0 aliphatic heterocycles. The fourth-order valence-corrected chi connectivity index (χ4v) is 2.04. The van der Waals surface area contributed by atoms with E-state index in [2.05, 4.69) is 9.97 Å². The zero-order valence-electron chi connectivity index (χ0n) is 11.1. The number of phenols is 1. The van der Waals surface area contributed by atoms with Crippen molar-refractivity contribution in [1.82, 2.24) is 9.97 Å². The summed E-state index contributed by atoms with van der Waals surface area (Å²) in [6, 6.07) is 5.35. The summed E-state index contributed by atoms with van der Waals surface area (Å²) >= 11 is 0. The minimum absolute atomic E-state index is 0.275. The molecule has 18 heavy (non-hydrogen) atoms. The lowest BCUT2D eigenvalue weighted by Gasteiger charge is -2.18. The van der Waals surface area contributed by atoms with E-state index >= 15 is 0 Å². The topological polar surface area (TPSA) is 49.3 Å². The standard InChI is InChI=1S/C14H17N3O/c1-9-7-11(18)5-6-12(9)13-10(2)15-8-16-14(13)17(3)4/h5-8,18H,1-4H3. The first kappa shape index (κ1) is 12.4. The molecule has 0 fully saturated rings. The zero-order chi connectivity index (χ0) is 13.3. The van der Waals surface area contributed by atoms with Crippen molar-refractivity contribution in [3.63, 3.8) is 0 Å². The van der Waals surface area contributed by atoms with Crippen LogP contribution in [-0.4, -0.2) is 29.2 Å². The Hall–Kier alpha value is -2.10. The van der Waals surface area contributed by atoms with Crippen LogP contribution in [0.2, 0.25) is 0 Å². The minimum Gasteiger partial charge on any atom is -0.508 e. The van der Waals surface area contributed by atoms with Gasteiger partial charge in [-0.05, 0) is 37.1 Å². The first-order valence-corrected chi connectivity index (χ1v) is 5.79. The maximum atomic E-state index is 9.49. The molecule has 1 N–H and O–H groups in total. The number of benzene rings is 1. The molecule has 1 aromatic heterocycles. The number of nitrogens with zero attached hydrogens (tertiary/aromatic N) is 3. The summed E-state index contributed by atoms with van der Waals surface area (Å²) in [7, 11) is 3.92. The molecule has 0 aliphatic rings. The van der Waals surface area contributed by atoms with Crippen molar-refractivity contribution in [3.05, 3.63) is 35.8 Å². The summed E-state index contributed by atoms with van der Waals surface area (Å²) in [6.45, 7) is 3.94. The molecule has 0 amide bonds. The third-order valence-electron chi connectivity index (χ3n) is 2.92. The molecule has 4 heteroatoms. The molecular formula is C14H17N3O. The number of phenolic OH excluding ortho intramolecular Hbond substituents is 1. The van der Waals surface area contributed by atoms with E-state index < -0.39 is 0 Å². The van der Waals surface area contributed by atoms with Crippen LogP contribution in [0.4, 0.5) is 5.82 Å². The third-order valence-corrected chi connectivity index (χ3v) is 2.92. The van der Waals surface area contributed by atoms with Gasteiger partial charge in [0.25, 0.3) is 0 Å². The van der Waals surface area contributed by atoms with Gasteiger partial charge >= 0.3 is 0 Å². The van der Waals surface area contributed by atoms with Gasteiger partial charge in [-0.15, -0.1) is 0 Å². The van der Waals surface area contributed by atoms with E-state index in [0.29, 0.717) is 0 Å². The molecule has 94 valence electrons. The van der Waals surface area contributed by atoms with Gasteiger partial charge in [-0.2, -0.15) is 0 Å². The van der Waals surface area contributed by atoms with E-state index in [4.69, 9.17) is 0 Å². The molecule has 1 heterocycles. The van der Waals surface area contributed by atoms with Gasteiger partial charge in [0.05, 0.1) is 5.69 Å². The molecule has 0 bridgehead atoms. The monoisotopic (exact) mass is 243 g/mol. The van der Waals surface area contributed by atoms with E-state index in [9.17, 15) is 5.11 Å². The van der Waals surface area contributed by atoms with Crippen molar-refractivity contribution in [1.29, 1.82) is 0 Å². The van der Waals surface area contributed by atoms with Crippen molar-refractivity contribution in [2.24, 2.45) is 0 Å². The lowest BCUT2D eigenvalue weighted by molar-refractivity contribution is 0.475. The number of aryl methyl sites for hydroxylation is 2. The van der Waals surface area contributed by atoms with Crippen LogP contribution in [0.15, 0.2) is 24.5 Å². The lowest BCUT2D eigenvalue weighted by atomic mass is 9.99. The van der Waals surface area contributed by atoms with Crippen molar-refractivity contribution < 1.29 is 5.11 Å². The van der Waals surface area contributed by atoms with Crippen LogP contribution in [0.5, 0.6) is 5.75 Å². The fraction of sp³-hybridized carbons (Fsp3) is 0.286. The highest BCUT2D eigenvalue weighted by molar-refractivity contribution is 5.79. The van der Waals surface area contributed by atoms with Gasteiger partial charge in [-0.3, -0.25) is 0 Å². The fourth-order valence-electron chi connectivity index (χ4n) is 2.04. The van der Waals surface area contributed by atoms with Crippen molar-refractivity contribution >= 4 is 5.82 Å². The van der Waals surface area contributed by atoms with Crippen LogP contribution < -0.4 is 4.90 Å². The zero-order valence-corrected chi connectivity index (χ0v) is 11.1. The second-order valence-corrected chi connectivity index (χ2v) is 4.55. The van der Waals surface area contributed by atoms with Crippen LogP contribution in [0.3, 0.4) is 0 Å². The van der Waals surface area contributed by atoms with Crippen molar-refractivity contribution in [3.8, 4) is 16.9 Å². The van der Waals surface area contributed by atoms with Gasteiger partial charge < -0.3 is 10.0 Å². The molecule has 0 unspecified atom stereocenters. The Morgan fingerprint density at radius 2 is 1.83 bits per heavy atom. The lowest BCUT2D eigenvalue weighted by Crippen LogP contribution is -2.13. The third kappa shape index (κ3) is 2.14. The Kier molecular flexibility index (Phi) is 3.19. The quantitative estimate of drug-likeness (QED) is 0.880. The van der Waals surface area contributed by atoms with Gasteiger partial charge in [0, 0.05) is 19.7 Å². The van der Waals surface area contributed by atoms with Crippen LogP contribution in [-0.2, 0) is 0 Å². The molecule has 0 aliphatic carbocycles. The van der Waals surface area contributed by atoms with E-state index in [1.165, 1.54) is 0 Å². The second-order valence-electron chi connectivity index (χ2n) is 4.55. The summed E-state index contributed by atoms with van der Waals surface area (Å²) in [6.07, 6.45) is 1.57. The molecule has 2 rings (SSSR count). The van der Waals surface area contributed by atoms with E-state index in [0.717, 1.165) is 28.2 Å². The van der Waals surface area contributed by atoms with Crippen molar-refractivity contribution in [2.45, 2.75) is 13.8 Å². The minimum atomic E-state index is 0.275. The van der Waals surface area contributed by atoms with Crippen LogP contribution >= 0.6 is 0 Å². The molecule has 0 atom stereocenters. The molecule has 2 aromatic rings. The molecule has 0 saturated heterocycles. The Bertz CT molecular complexity index is 579. The highest BCUT2D eigenvalue weighted by atomic mass is 16.3. The summed E-state index contributed by atoms with van der Waals surface area (Å²) in [5.74, 6) is 1.16. The average molecular weight is 243 g/mol. The highest BCUT2D eigenvalue weighted by Gasteiger charge is 2.14. The number of hydrogen-bond acceptors (Lipinski definition) is 4. The predicted molar refractivity (Wildman–Crippen MR) is 72.9 cm³/mol. The normalized spacial score (nSPS) is 10.4. The maximum Gasteiger partial charge on any atom is 0.139 e. The van der Waals surface area contributed by atoms with Crippen LogP contribution in [0.25, 0.3) is 11.1 Å².